The van der Waals surface area contributed by atoms with Gasteiger partial charge in [-0.15, -0.1) is 0 Å². The highest BCUT2D eigenvalue weighted by molar-refractivity contribution is 5.79. The molecule has 1 heterocycles. The number of nitrogens with zero attached hydrogens (tertiary/aromatic N) is 1. The van der Waals surface area contributed by atoms with E-state index in [0.29, 0.717) is 0 Å². The fourth-order valence-corrected chi connectivity index (χ4v) is 0.973. The highest BCUT2D eigenvalue weighted by atomic mass is 16.4. The van der Waals surface area contributed by atoms with Crippen molar-refractivity contribution < 1.29 is 9.90 Å². The van der Waals surface area contributed by atoms with Crippen LogP contribution in [0.3, 0.4) is 0 Å². The monoisotopic (exact) mass is 153 g/mol. The van der Waals surface area contributed by atoms with Gasteiger partial charge in [0.2, 0.25) is 0 Å². The molecule has 3 heteroatoms. The molecule has 60 valence electrons. The summed E-state index contributed by atoms with van der Waals surface area (Å²) >= 11 is 0. The van der Waals surface area contributed by atoms with Gasteiger partial charge < -0.3 is 5.11 Å². The fourth-order valence-electron chi connectivity index (χ4n) is 0.973. The van der Waals surface area contributed by atoms with Crippen LogP contribution in [-0.2, 0) is 4.79 Å². The molecule has 0 aliphatic carbocycles. The quantitative estimate of drug-likeness (QED) is 0.474. The maximum atomic E-state index is 10.1. The summed E-state index contributed by atoms with van der Waals surface area (Å²) in [5, 5.41) is 8.27. The molecular formula is C8H11NO2. The maximum Gasteiger partial charge on any atom is 0.328 e. The van der Waals surface area contributed by atoms with Crippen molar-refractivity contribution in [3.63, 3.8) is 0 Å². The second kappa shape index (κ2) is 3.93. The van der Waals surface area contributed by atoms with Gasteiger partial charge in [-0.3, -0.25) is 4.90 Å². The second-order valence-electron chi connectivity index (χ2n) is 2.43. The SMILES string of the molecule is O=C(O)/C=C/CN1CC=CC1. The van der Waals surface area contributed by atoms with Crippen LogP contribution in [0.2, 0.25) is 0 Å². The molecule has 1 rings (SSSR count). The lowest BCUT2D eigenvalue weighted by Gasteiger charge is -2.09. The van der Waals surface area contributed by atoms with Crippen molar-refractivity contribution in [2.24, 2.45) is 0 Å². The molecule has 1 N–H and O–H groups in total. The van der Waals surface area contributed by atoms with Crippen molar-refractivity contribution >= 4 is 5.97 Å². The van der Waals surface area contributed by atoms with Crippen LogP contribution >= 0.6 is 0 Å². The van der Waals surface area contributed by atoms with Crippen LogP contribution in [0.5, 0.6) is 0 Å². The summed E-state index contributed by atoms with van der Waals surface area (Å²) in [7, 11) is 0. The third kappa shape index (κ3) is 3.00. The number of carbonyl (C=O) groups is 1. The van der Waals surface area contributed by atoms with E-state index >= 15 is 0 Å². The smallest absolute Gasteiger partial charge is 0.328 e. The standard InChI is InChI=1S/C8H11NO2/c10-8(11)4-3-7-9-5-1-2-6-9/h1-4H,5-7H2,(H,10,11)/b4-3+. The van der Waals surface area contributed by atoms with Crippen molar-refractivity contribution in [1.29, 1.82) is 0 Å². The van der Waals surface area contributed by atoms with Gasteiger partial charge in [-0.05, 0) is 0 Å². The van der Waals surface area contributed by atoms with Gasteiger partial charge in [0.15, 0.2) is 0 Å². The lowest BCUT2D eigenvalue weighted by molar-refractivity contribution is -0.131. The molecule has 3 nitrogen and oxygen atoms in total. The first-order valence-electron chi connectivity index (χ1n) is 3.56. The molecule has 0 spiro atoms. The van der Waals surface area contributed by atoms with Gasteiger partial charge in [0.05, 0.1) is 0 Å². The predicted octanol–water partition coefficient (Wildman–Crippen LogP) is 0.499. The van der Waals surface area contributed by atoms with E-state index in [2.05, 4.69) is 17.1 Å². The van der Waals surface area contributed by atoms with Crippen LogP contribution in [0.1, 0.15) is 0 Å². The average Bonchev–Trinajstić information content (AvgIpc) is 2.39. The Hall–Kier alpha value is -1.09. The summed E-state index contributed by atoms with van der Waals surface area (Å²) < 4.78 is 0. The number of rotatable bonds is 3. The summed E-state index contributed by atoms with van der Waals surface area (Å²) in [5.74, 6) is -0.878. The zero-order chi connectivity index (χ0) is 8.10. The Morgan fingerprint density at radius 2 is 2.18 bits per heavy atom. The van der Waals surface area contributed by atoms with Crippen LogP contribution in [0, 0.1) is 0 Å². The number of hydrogen-bond acceptors (Lipinski definition) is 2. The molecule has 0 amide bonds. The van der Waals surface area contributed by atoms with E-state index in [4.69, 9.17) is 5.11 Å². The van der Waals surface area contributed by atoms with Gasteiger partial charge in [0.1, 0.15) is 0 Å². The molecule has 0 aromatic rings. The molecule has 0 saturated heterocycles. The minimum atomic E-state index is -0.878. The molecule has 0 aromatic heterocycles. The Bertz CT molecular complexity index is 188. The normalized spacial score (nSPS) is 18.2. The Balaban J connectivity index is 2.17. The van der Waals surface area contributed by atoms with Crippen LogP contribution in [0.25, 0.3) is 0 Å². The third-order valence-electron chi connectivity index (χ3n) is 1.52. The summed E-state index contributed by atoms with van der Waals surface area (Å²) in [5.41, 5.74) is 0. The first-order valence-corrected chi connectivity index (χ1v) is 3.56. The summed E-state index contributed by atoms with van der Waals surface area (Å²) in [6.45, 7) is 2.59. The predicted molar refractivity (Wildman–Crippen MR) is 42.4 cm³/mol. The number of carboxylic acids is 1. The minimum Gasteiger partial charge on any atom is -0.478 e. The van der Waals surface area contributed by atoms with Gasteiger partial charge in [-0.25, -0.2) is 4.79 Å². The van der Waals surface area contributed by atoms with Gasteiger partial charge in [0, 0.05) is 25.7 Å². The topological polar surface area (TPSA) is 40.5 Å². The molecular weight excluding hydrogens is 142 g/mol. The van der Waals surface area contributed by atoms with E-state index in [0.717, 1.165) is 19.6 Å². The zero-order valence-electron chi connectivity index (χ0n) is 6.23. The second-order valence-corrected chi connectivity index (χ2v) is 2.43. The van der Waals surface area contributed by atoms with Crippen molar-refractivity contribution in [1.82, 2.24) is 4.90 Å². The van der Waals surface area contributed by atoms with E-state index in [1.54, 1.807) is 6.08 Å². The van der Waals surface area contributed by atoms with Gasteiger partial charge in [0.25, 0.3) is 0 Å². The average molecular weight is 153 g/mol. The van der Waals surface area contributed by atoms with Gasteiger partial charge in [-0.2, -0.15) is 0 Å². The molecule has 0 atom stereocenters. The maximum absolute atomic E-state index is 10.1. The van der Waals surface area contributed by atoms with Crippen molar-refractivity contribution in [3.8, 4) is 0 Å². The summed E-state index contributed by atoms with van der Waals surface area (Å²) in [6, 6.07) is 0. The third-order valence-corrected chi connectivity index (χ3v) is 1.52. The molecule has 0 fully saturated rings. The Kier molecular flexibility index (Phi) is 2.86. The molecule has 0 bridgehead atoms. The summed E-state index contributed by atoms with van der Waals surface area (Å²) in [6.07, 6.45) is 7.00. The largest absolute Gasteiger partial charge is 0.478 e. The Morgan fingerprint density at radius 3 is 2.73 bits per heavy atom. The highest BCUT2D eigenvalue weighted by Crippen LogP contribution is 1.97. The van der Waals surface area contributed by atoms with Crippen LogP contribution in [0.15, 0.2) is 24.3 Å². The van der Waals surface area contributed by atoms with E-state index in [1.165, 1.54) is 6.08 Å². The fraction of sp³-hybridized carbons (Fsp3) is 0.375. The molecule has 0 radical (unpaired) electrons. The minimum absolute atomic E-state index is 0.722. The Labute approximate surface area is 65.6 Å². The van der Waals surface area contributed by atoms with Gasteiger partial charge in [-0.1, -0.05) is 18.2 Å². The van der Waals surface area contributed by atoms with Crippen LogP contribution in [-0.4, -0.2) is 35.6 Å². The molecule has 0 unspecified atom stereocenters. The van der Waals surface area contributed by atoms with E-state index in [9.17, 15) is 4.79 Å². The van der Waals surface area contributed by atoms with E-state index in [1.807, 2.05) is 0 Å². The summed E-state index contributed by atoms with van der Waals surface area (Å²) in [4.78, 5) is 12.2. The first kappa shape index (κ1) is 8.01. The van der Waals surface area contributed by atoms with E-state index in [-0.39, 0.29) is 0 Å². The molecule has 1 aliphatic rings. The zero-order valence-corrected chi connectivity index (χ0v) is 6.23. The van der Waals surface area contributed by atoms with Gasteiger partial charge >= 0.3 is 5.97 Å². The lowest BCUT2D eigenvalue weighted by Crippen LogP contribution is -2.19. The van der Waals surface area contributed by atoms with Crippen LogP contribution < -0.4 is 0 Å². The molecule has 0 aromatic carbocycles. The number of carboxylic acid groups (broad SMARTS) is 1. The van der Waals surface area contributed by atoms with E-state index < -0.39 is 5.97 Å². The van der Waals surface area contributed by atoms with Crippen molar-refractivity contribution in [2.75, 3.05) is 19.6 Å². The Morgan fingerprint density at radius 1 is 1.55 bits per heavy atom. The number of hydrogen-bond donors (Lipinski definition) is 1. The van der Waals surface area contributed by atoms with Crippen molar-refractivity contribution in [3.05, 3.63) is 24.3 Å². The molecule has 0 saturated carbocycles. The molecule has 11 heavy (non-hydrogen) atoms. The van der Waals surface area contributed by atoms with Crippen molar-refractivity contribution in [2.45, 2.75) is 0 Å². The highest BCUT2D eigenvalue weighted by Gasteiger charge is 2.02. The lowest BCUT2D eigenvalue weighted by atomic mass is 10.4. The van der Waals surface area contributed by atoms with Crippen LogP contribution in [0.4, 0.5) is 0 Å². The number of aliphatic carboxylic acids is 1. The first-order chi connectivity index (χ1) is 5.29. The molecule has 1 aliphatic heterocycles.